The lowest BCUT2D eigenvalue weighted by molar-refractivity contribution is -0.274. The third-order valence-electron chi connectivity index (χ3n) is 4.02. The van der Waals surface area contributed by atoms with Gasteiger partial charge >= 0.3 is 12.3 Å². The molecule has 1 aromatic carbocycles. The first-order valence-corrected chi connectivity index (χ1v) is 9.29. The van der Waals surface area contributed by atoms with E-state index in [1.165, 1.54) is 35.6 Å². The Balaban J connectivity index is 2.01. The number of thiazole rings is 1. The first-order valence-electron chi connectivity index (χ1n) is 8.41. The van der Waals surface area contributed by atoms with Gasteiger partial charge in [0, 0.05) is 10.9 Å². The Morgan fingerprint density at radius 3 is 2.46 bits per heavy atom. The number of aliphatic carboxylic acids is 1. The van der Waals surface area contributed by atoms with Gasteiger partial charge in [0.1, 0.15) is 16.8 Å². The van der Waals surface area contributed by atoms with Gasteiger partial charge in [0.2, 0.25) is 5.91 Å². The lowest BCUT2D eigenvalue weighted by Gasteiger charge is -2.19. The van der Waals surface area contributed by atoms with E-state index >= 15 is 0 Å². The Labute approximate surface area is 163 Å². The molecule has 6 nitrogen and oxygen atoms in total. The zero-order valence-corrected chi connectivity index (χ0v) is 15.9. The molecule has 152 valence electrons. The van der Waals surface area contributed by atoms with E-state index in [1.807, 2.05) is 6.92 Å². The van der Waals surface area contributed by atoms with Crippen molar-refractivity contribution in [3.8, 4) is 16.3 Å². The molecule has 0 aliphatic carbocycles. The van der Waals surface area contributed by atoms with Gasteiger partial charge < -0.3 is 15.2 Å². The van der Waals surface area contributed by atoms with Crippen molar-refractivity contribution in [2.24, 2.45) is 5.92 Å². The normalized spacial score (nSPS) is 13.6. The largest absolute Gasteiger partial charge is 0.573 e. The van der Waals surface area contributed by atoms with Gasteiger partial charge in [-0.1, -0.05) is 20.3 Å². The Morgan fingerprint density at radius 2 is 1.93 bits per heavy atom. The van der Waals surface area contributed by atoms with Crippen LogP contribution in [0.2, 0.25) is 0 Å². The Bertz CT molecular complexity index is 821. The van der Waals surface area contributed by atoms with Crippen molar-refractivity contribution in [3.63, 3.8) is 0 Å². The van der Waals surface area contributed by atoms with Crippen LogP contribution in [0.1, 0.15) is 26.0 Å². The molecule has 2 aromatic rings. The molecule has 1 amide bonds. The van der Waals surface area contributed by atoms with Crippen LogP contribution in [0.5, 0.6) is 5.75 Å². The quantitative estimate of drug-likeness (QED) is 0.682. The first kappa shape index (κ1) is 21.7. The van der Waals surface area contributed by atoms with E-state index in [-0.39, 0.29) is 18.1 Å². The van der Waals surface area contributed by atoms with Crippen molar-refractivity contribution in [3.05, 3.63) is 35.3 Å². The van der Waals surface area contributed by atoms with Crippen LogP contribution in [0.15, 0.2) is 29.6 Å². The number of ether oxygens (including phenoxy) is 1. The fourth-order valence-electron chi connectivity index (χ4n) is 2.39. The van der Waals surface area contributed by atoms with Gasteiger partial charge in [-0.2, -0.15) is 0 Å². The number of carboxylic acid groups (broad SMARTS) is 1. The monoisotopic (exact) mass is 416 g/mol. The number of carboxylic acids is 1. The molecule has 10 heteroatoms. The maximum absolute atomic E-state index is 12.2. The molecule has 28 heavy (non-hydrogen) atoms. The highest BCUT2D eigenvalue weighted by Gasteiger charge is 2.31. The van der Waals surface area contributed by atoms with Gasteiger partial charge in [-0.05, 0) is 30.2 Å². The van der Waals surface area contributed by atoms with E-state index in [0.717, 1.165) is 0 Å². The number of amides is 1. The minimum absolute atomic E-state index is 0.0913. The van der Waals surface area contributed by atoms with Crippen LogP contribution in [0.3, 0.4) is 0 Å². The van der Waals surface area contributed by atoms with Crippen LogP contribution in [0.25, 0.3) is 10.6 Å². The highest BCUT2D eigenvalue weighted by Crippen LogP contribution is 2.28. The van der Waals surface area contributed by atoms with Crippen molar-refractivity contribution >= 4 is 23.2 Å². The number of aromatic nitrogens is 1. The number of nitrogens with one attached hydrogen (secondary N) is 1. The molecule has 2 unspecified atom stereocenters. The SMILES string of the molecule is CCC(C)C(NC(=O)Cc1csc(-c2ccc(OC(F)(F)F)cc2)n1)C(=O)O. The summed E-state index contributed by atoms with van der Waals surface area (Å²) >= 11 is 1.23. The van der Waals surface area contributed by atoms with Gasteiger partial charge in [-0.15, -0.1) is 24.5 Å². The maximum atomic E-state index is 12.2. The predicted molar refractivity (Wildman–Crippen MR) is 97.0 cm³/mol. The summed E-state index contributed by atoms with van der Waals surface area (Å²) in [5.74, 6) is -2.11. The standard InChI is InChI=1S/C18H19F3N2O4S/c1-3-10(2)15(17(25)26)23-14(24)8-12-9-28-16(22-12)11-4-6-13(7-5-11)27-18(19,20)21/h4-7,9-10,15H,3,8H2,1-2H3,(H,23,24)(H,25,26). The molecule has 2 N–H and O–H groups in total. The van der Waals surface area contributed by atoms with E-state index < -0.39 is 24.3 Å². The second-order valence-corrected chi connectivity index (χ2v) is 7.02. The zero-order chi connectivity index (χ0) is 20.9. The van der Waals surface area contributed by atoms with Crippen molar-refractivity contribution in [2.75, 3.05) is 0 Å². The van der Waals surface area contributed by atoms with E-state index in [9.17, 15) is 27.9 Å². The first-order chi connectivity index (χ1) is 13.1. The number of benzene rings is 1. The summed E-state index contributed by atoms with van der Waals surface area (Å²) in [7, 11) is 0. The summed E-state index contributed by atoms with van der Waals surface area (Å²) in [4.78, 5) is 27.7. The highest BCUT2D eigenvalue weighted by atomic mass is 32.1. The third kappa shape index (κ3) is 6.22. The molecule has 0 saturated heterocycles. The zero-order valence-electron chi connectivity index (χ0n) is 15.1. The summed E-state index contributed by atoms with van der Waals surface area (Å²) in [6.07, 6.45) is -4.25. The van der Waals surface area contributed by atoms with Crippen LogP contribution >= 0.6 is 11.3 Å². The van der Waals surface area contributed by atoms with Gasteiger partial charge in [0.05, 0.1) is 12.1 Å². The minimum Gasteiger partial charge on any atom is -0.480 e. The van der Waals surface area contributed by atoms with Gasteiger partial charge in [-0.3, -0.25) is 4.79 Å². The third-order valence-corrected chi connectivity index (χ3v) is 4.96. The summed E-state index contributed by atoms with van der Waals surface area (Å²) in [6, 6.07) is 4.26. The summed E-state index contributed by atoms with van der Waals surface area (Å²) in [5.41, 5.74) is 1.02. The van der Waals surface area contributed by atoms with E-state index in [1.54, 1.807) is 12.3 Å². The Kier molecular flexibility index (Phi) is 7.00. The number of hydrogen-bond acceptors (Lipinski definition) is 5. The number of carbonyl (C=O) groups is 2. The number of carbonyl (C=O) groups excluding carboxylic acids is 1. The Morgan fingerprint density at radius 1 is 1.29 bits per heavy atom. The topological polar surface area (TPSA) is 88.5 Å². The van der Waals surface area contributed by atoms with E-state index in [0.29, 0.717) is 22.7 Å². The van der Waals surface area contributed by atoms with Crippen molar-refractivity contribution < 1.29 is 32.6 Å². The maximum Gasteiger partial charge on any atom is 0.573 e. The van der Waals surface area contributed by atoms with E-state index in [2.05, 4.69) is 15.0 Å². The second kappa shape index (κ2) is 9.05. The number of nitrogens with zero attached hydrogens (tertiary/aromatic N) is 1. The summed E-state index contributed by atoms with van der Waals surface area (Å²) in [5, 5.41) is 13.9. The van der Waals surface area contributed by atoms with Crippen LogP contribution in [-0.4, -0.2) is 34.4 Å². The predicted octanol–water partition coefficient (Wildman–Crippen LogP) is 3.87. The molecule has 0 bridgehead atoms. The lowest BCUT2D eigenvalue weighted by atomic mass is 9.99. The molecule has 0 aliphatic rings. The lowest BCUT2D eigenvalue weighted by Crippen LogP contribution is -2.45. The number of hydrogen-bond donors (Lipinski definition) is 2. The molecule has 1 heterocycles. The van der Waals surface area contributed by atoms with E-state index in [4.69, 9.17) is 0 Å². The summed E-state index contributed by atoms with van der Waals surface area (Å²) in [6.45, 7) is 3.58. The Hall–Kier alpha value is -2.62. The van der Waals surface area contributed by atoms with Crippen molar-refractivity contribution in [1.82, 2.24) is 10.3 Å². The van der Waals surface area contributed by atoms with Crippen molar-refractivity contribution in [2.45, 2.75) is 39.1 Å². The van der Waals surface area contributed by atoms with Gasteiger partial charge in [0.15, 0.2) is 0 Å². The molecule has 0 saturated carbocycles. The molecule has 0 aliphatic heterocycles. The van der Waals surface area contributed by atoms with Crippen LogP contribution in [-0.2, 0) is 16.0 Å². The van der Waals surface area contributed by atoms with Crippen LogP contribution < -0.4 is 10.1 Å². The summed E-state index contributed by atoms with van der Waals surface area (Å²) < 4.78 is 40.4. The van der Waals surface area contributed by atoms with Gasteiger partial charge in [0.25, 0.3) is 0 Å². The average Bonchev–Trinajstić information content (AvgIpc) is 3.06. The van der Waals surface area contributed by atoms with Gasteiger partial charge in [-0.25, -0.2) is 9.78 Å². The minimum atomic E-state index is -4.76. The smallest absolute Gasteiger partial charge is 0.480 e. The van der Waals surface area contributed by atoms with Crippen LogP contribution in [0, 0.1) is 5.92 Å². The number of rotatable bonds is 8. The second-order valence-electron chi connectivity index (χ2n) is 6.16. The molecule has 2 rings (SSSR count). The highest BCUT2D eigenvalue weighted by molar-refractivity contribution is 7.13. The fourth-order valence-corrected chi connectivity index (χ4v) is 3.22. The molecule has 1 aromatic heterocycles. The average molecular weight is 416 g/mol. The van der Waals surface area contributed by atoms with Crippen LogP contribution in [0.4, 0.5) is 13.2 Å². The number of halogens is 3. The molecule has 0 fully saturated rings. The molecular formula is C18H19F3N2O4S. The molecular weight excluding hydrogens is 397 g/mol. The van der Waals surface area contributed by atoms with Crippen molar-refractivity contribution in [1.29, 1.82) is 0 Å². The fraction of sp³-hybridized carbons (Fsp3) is 0.389. The molecule has 0 spiro atoms. The molecule has 0 radical (unpaired) electrons. The number of alkyl halides is 3. The molecule has 2 atom stereocenters.